The monoisotopic (exact) mass is 485 g/mol. The van der Waals surface area contributed by atoms with Gasteiger partial charge in [-0.1, -0.05) is 0 Å². The number of halogens is 3. The molecule has 0 unspecified atom stereocenters. The van der Waals surface area contributed by atoms with E-state index in [1.165, 1.54) is 30.6 Å². The van der Waals surface area contributed by atoms with Gasteiger partial charge in [-0.2, -0.15) is 0 Å². The van der Waals surface area contributed by atoms with Gasteiger partial charge in [0.25, 0.3) is 5.91 Å². The average molecular weight is 486 g/mol. The molecule has 11 heteroatoms. The summed E-state index contributed by atoms with van der Waals surface area (Å²) in [5.74, 6) is 0.244. The fourth-order valence-corrected chi connectivity index (χ4v) is 4.07. The number of carbonyl (C=O) groups excluding carboxylic acids is 1. The number of amides is 1. The number of alkyl halides is 3. The predicted octanol–water partition coefficient (Wildman–Crippen LogP) is 5.00. The van der Waals surface area contributed by atoms with E-state index >= 15 is 0 Å². The first-order valence-corrected chi connectivity index (χ1v) is 10.7. The van der Waals surface area contributed by atoms with E-state index in [4.69, 9.17) is 21.3 Å². The van der Waals surface area contributed by atoms with Crippen LogP contribution in [-0.2, 0) is 11.3 Å². The van der Waals surface area contributed by atoms with Crippen molar-refractivity contribution in [2.45, 2.75) is 25.1 Å². The third-order valence-electron chi connectivity index (χ3n) is 5.37. The van der Waals surface area contributed by atoms with Gasteiger partial charge < -0.3 is 19.4 Å². The lowest BCUT2D eigenvalue weighted by Gasteiger charge is -2.23. The minimum Gasteiger partial charge on any atom is -0.420 e. The van der Waals surface area contributed by atoms with Crippen molar-refractivity contribution in [3.8, 4) is 16.9 Å². The summed E-state index contributed by atoms with van der Waals surface area (Å²) in [4.78, 5) is 26.0. The summed E-state index contributed by atoms with van der Waals surface area (Å²) in [7, 11) is 0. The number of nitrogens with one attached hydrogen (secondary N) is 1. The van der Waals surface area contributed by atoms with Crippen LogP contribution in [0.4, 0.5) is 14.5 Å². The Hall–Kier alpha value is -3.63. The molecule has 1 aliphatic heterocycles. The minimum atomic E-state index is -3.82. The third kappa shape index (κ3) is 4.42. The maximum Gasteiger partial charge on any atom is 0.487 e. The van der Waals surface area contributed by atoms with Crippen LogP contribution in [0.15, 0.2) is 55.1 Å². The van der Waals surface area contributed by atoms with Gasteiger partial charge in [0.15, 0.2) is 0 Å². The molecule has 4 aromatic rings. The van der Waals surface area contributed by atoms with Crippen molar-refractivity contribution in [1.29, 1.82) is 0 Å². The van der Waals surface area contributed by atoms with Crippen LogP contribution in [0.5, 0.6) is 5.75 Å². The van der Waals surface area contributed by atoms with Gasteiger partial charge in [0, 0.05) is 46.4 Å². The number of ether oxygens (including phenoxy) is 2. The van der Waals surface area contributed by atoms with Crippen molar-refractivity contribution in [2.75, 3.05) is 11.9 Å². The number of nitrogens with zero attached hydrogens (tertiary/aromatic N) is 4. The number of benzene rings is 2. The van der Waals surface area contributed by atoms with Crippen LogP contribution in [-0.4, -0.2) is 37.6 Å². The van der Waals surface area contributed by atoms with Gasteiger partial charge >= 0.3 is 5.57 Å². The Kier molecular flexibility index (Phi) is 5.62. The Bertz CT molecular complexity index is 1360. The smallest absolute Gasteiger partial charge is 0.420 e. The number of carbonyl (C=O) groups is 1. The zero-order valence-corrected chi connectivity index (χ0v) is 18.6. The summed E-state index contributed by atoms with van der Waals surface area (Å²) in [6.07, 6.45) is 4.80. The largest absolute Gasteiger partial charge is 0.487 e. The normalized spacial score (nSPS) is 15.7. The molecule has 0 spiro atoms. The van der Waals surface area contributed by atoms with Gasteiger partial charge in [0.2, 0.25) is 0 Å². The summed E-state index contributed by atoms with van der Waals surface area (Å²) < 4.78 is 37.6. The van der Waals surface area contributed by atoms with Gasteiger partial charge in [-0.05, 0) is 43.3 Å². The minimum absolute atomic E-state index is 0.0675. The highest BCUT2D eigenvalue weighted by Gasteiger charge is 2.28. The van der Waals surface area contributed by atoms with Crippen molar-refractivity contribution in [2.24, 2.45) is 0 Å². The molecule has 0 radical (unpaired) electrons. The number of aromatic nitrogens is 4. The lowest BCUT2D eigenvalue weighted by Crippen LogP contribution is -2.21. The molecule has 34 heavy (non-hydrogen) atoms. The molecular formula is C23H18ClF2N5O3. The second kappa shape index (κ2) is 8.62. The van der Waals surface area contributed by atoms with Gasteiger partial charge in [-0.15, -0.1) is 8.78 Å². The second-order valence-corrected chi connectivity index (χ2v) is 8.25. The molecule has 0 saturated carbocycles. The number of anilines is 1. The fraction of sp³-hybridized carbons (Fsp3) is 0.217. The zero-order chi connectivity index (χ0) is 23.9. The molecule has 0 fully saturated rings. The molecule has 2 aromatic heterocycles. The highest BCUT2D eigenvalue weighted by molar-refractivity contribution is 6.20. The molecule has 1 atom stereocenters. The number of fused-ring (bicyclic) bond motifs is 3. The van der Waals surface area contributed by atoms with Crippen LogP contribution in [0.2, 0.25) is 0 Å². The standard InChI is InChI=1S/C23H18ClF2N5O3/c1-13-10-33-11-20-30-19-7-14(6-18(21(19)31(13)20)15-8-27-12-28-9-15)22(32)29-16-2-4-17(5-3-16)34-23(24,25)26/h2-9,12-13H,10-11H2,1H3,(H,29,32)/t13-/m1/s1. The topological polar surface area (TPSA) is 91.2 Å². The molecule has 1 aliphatic rings. The van der Waals surface area contributed by atoms with Crippen LogP contribution < -0.4 is 10.1 Å². The molecule has 2 aromatic carbocycles. The van der Waals surface area contributed by atoms with E-state index in [1.54, 1.807) is 24.5 Å². The maximum atomic E-state index is 13.1. The van der Waals surface area contributed by atoms with Crippen molar-refractivity contribution in [1.82, 2.24) is 19.5 Å². The molecule has 0 bridgehead atoms. The second-order valence-electron chi connectivity index (χ2n) is 7.81. The molecule has 3 heterocycles. The maximum absolute atomic E-state index is 13.1. The van der Waals surface area contributed by atoms with Gasteiger partial charge in [0.05, 0.1) is 23.7 Å². The Morgan fingerprint density at radius 1 is 1.24 bits per heavy atom. The molecule has 0 aliphatic carbocycles. The van der Waals surface area contributed by atoms with E-state index in [9.17, 15) is 13.6 Å². The van der Waals surface area contributed by atoms with E-state index in [1.807, 2.05) is 6.92 Å². The summed E-state index contributed by atoms with van der Waals surface area (Å²) in [5.41, 5.74) is -0.0261. The SMILES string of the molecule is C[C@@H]1COCc2nc3cc(C(=O)Nc4ccc(OC(F)(F)Cl)cc4)cc(-c4cncnc4)c3n21. The molecule has 1 N–H and O–H groups in total. The summed E-state index contributed by atoms with van der Waals surface area (Å²) in [6.45, 7) is 2.98. The van der Waals surface area contributed by atoms with Crippen LogP contribution in [0.3, 0.4) is 0 Å². The number of hydrogen-bond donors (Lipinski definition) is 1. The van der Waals surface area contributed by atoms with Crippen LogP contribution in [0.1, 0.15) is 29.1 Å². The zero-order valence-electron chi connectivity index (χ0n) is 17.8. The lowest BCUT2D eigenvalue weighted by molar-refractivity contribution is -0.0964. The van der Waals surface area contributed by atoms with E-state index in [0.717, 1.165) is 22.5 Å². The predicted molar refractivity (Wildman–Crippen MR) is 121 cm³/mol. The highest BCUT2D eigenvalue weighted by atomic mass is 35.5. The Balaban J connectivity index is 1.52. The molecule has 8 nitrogen and oxygen atoms in total. The molecule has 0 saturated heterocycles. The number of hydrogen-bond acceptors (Lipinski definition) is 6. The molecule has 1 amide bonds. The van der Waals surface area contributed by atoms with E-state index in [2.05, 4.69) is 24.6 Å². The Morgan fingerprint density at radius 2 is 1.97 bits per heavy atom. The molecule has 5 rings (SSSR count). The van der Waals surface area contributed by atoms with Crippen LogP contribution in [0.25, 0.3) is 22.2 Å². The van der Waals surface area contributed by atoms with Crippen molar-refractivity contribution in [3.05, 3.63) is 66.5 Å². The Morgan fingerprint density at radius 3 is 2.68 bits per heavy atom. The van der Waals surface area contributed by atoms with E-state index < -0.39 is 11.5 Å². The highest BCUT2D eigenvalue weighted by Crippen LogP contribution is 2.34. The first kappa shape index (κ1) is 22.2. The van der Waals surface area contributed by atoms with Crippen molar-refractivity contribution < 1.29 is 23.0 Å². The molecular weight excluding hydrogens is 468 g/mol. The summed E-state index contributed by atoms with van der Waals surface area (Å²) >= 11 is 4.78. The number of rotatable bonds is 5. The van der Waals surface area contributed by atoms with Crippen molar-refractivity contribution >= 4 is 34.2 Å². The van der Waals surface area contributed by atoms with Gasteiger partial charge in [0.1, 0.15) is 24.5 Å². The van der Waals surface area contributed by atoms with Crippen LogP contribution >= 0.6 is 11.6 Å². The quantitative estimate of drug-likeness (QED) is 0.400. The Labute approximate surface area is 197 Å². The first-order chi connectivity index (χ1) is 16.3. The third-order valence-corrected chi connectivity index (χ3v) is 5.45. The van der Waals surface area contributed by atoms with Crippen LogP contribution in [0, 0.1) is 0 Å². The average Bonchev–Trinajstić information content (AvgIpc) is 3.19. The summed E-state index contributed by atoms with van der Waals surface area (Å²) in [5, 5.41) is 2.76. The van der Waals surface area contributed by atoms with E-state index in [-0.39, 0.29) is 11.8 Å². The first-order valence-electron chi connectivity index (χ1n) is 10.3. The lowest BCUT2D eigenvalue weighted by atomic mass is 10.0. The van der Waals surface area contributed by atoms with E-state index in [0.29, 0.717) is 30.0 Å². The van der Waals surface area contributed by atoms with Gasteiger partial charge in [-0.25, -0.2) is 15.0 Å². The molecule has 174 valence electrons. The summed E-state index contributed by atoms with van der Waals surface area (Å²) in [6, 6.07) is 8.99. The fourth-order valence-electron chi connectivity index (χ4n) is 3.98. The van der Waals surface area contributed by atoms with Gasteiger partial charge in [-0.3, -0.25) is 4.79 Å². The van der Waals surface area contributed by atoms with Crippen molar-refractivity contribution in [3.63, 3.8) is 0 Å². The number of imidazole rings is 1.